The van der Waals surface area contributed by atoms with E-state index < -0.39 is 0 Å². The summed E-state index contributed by atoms with van der Waals surface area (Å²) in [5.74, 6) is 0.178. The Morgan fingerprint density at radius 3 is 2.74 bits per heavy atom. The molecule has 0 saturated heterocycles. The second-order valence-corrected chi connectivity index (χ2v) is 5.31. The maximum absolute atomic E-state index is 12.1. The van der Waals surface area contributed by atoms with Crippen LogP contribution in [-0.4, -0.2) is 15.6 Å². The predicted molar refractivity (Wildman–Crippen MR) is 79.3 cm³/mol. The highest BCUT2D eigenvalue weighted by Gasteiger charge is 2.11. The summed E-state index contributed by atoms with van der Waals surface area (Å²) in [7, 11) is 0. The van der Waals surface area contributed by atoms with E-state index in [9.17, 15) is 4.79 Å². The quantitative estimate of drug-likeness (QED) is 0.757. The number of halogens is 1. The Morgan fingerprint density at radius 2 is 2.05 bits per heavy atom. The maximum atomic E-state index is 12.1. The van der Waals surface area contributed by atoms with E-state index in [1.165, 1.54) is 0 Å². The van der Waals surface area contributed by atoms with E-state index in [4.69, 9.17) is 0 Å². The smallest absolute Gasteiger partial charge is 0.163 e. The van der Waals surface area contributed by atoms with Gasteiger partial charge in [0.05, 0.1) is 16.4 Å². The van der Waals surface area contributed by atoms with Gasteiger partial charge >= 0.3 is 0 Å². The maximum Gasteiger partial charge on any atom is 0.163 e. The van der Waals surface area contributed by atoms with Gasteiger partial charge in [0.25, 0.3) is 0 Å². The van der Waals surface area contributed by atoms with Crippen LogP contribution < -0.4 is 0 Å². The van der Waals surface area contributed by atoms with Gasteiger partial charge in [0.15, 0.2) is 5.78 Å². The van der Waals surface area contributed by atoms with Crippen LogP contribution in [0.5, 0.6) is 0 Å². The van der Waals surface area contributed by atoms with Crippen molar-refractivity contribution >= 4 is 21.7 Å². The third-order valence-electron chi connectivity index (χ3n) is 3.02. The van der Waals surface area contributed by atoms with Gasteiger partial charge in [0.2, 0.25) is 0 Å². The van der Waals surface area contributed by atoms with Gasteiger partial charge in [-0.3, -0.25) is 9.48 Å². The number of nitrogens with zero attached hydrogens (tertiary/aromatic N) is 2. The largest absolute Gasteiger partial charge is 0.294 e. The summed E-state index contributed by atoms with van der Waals surface area (Å²) in [5.41, 5.74) is 1.88. The molecule has 1 aromatic carbocycles. The Labute approximate surface area is 121 Å². The molecule has 4 heteroatoms. The Kier molecular flexibility index (Phi) is 4.91. The molecular formula is C15H17BrN2O. The fraction of sp³-hybridized carbons (Fsp3) is 0.333. The zero-order chi connectivity index (χ0) is 13.7. The van der Waals surface area contributed by atoms with Crippen LogP contribution >= 0.6 is 15.9 Å². The number of hydrogen-bond donors (Lipinski definition) is 0. The monoisotopic (exact) mass is 320 g/mol. The van der Waals surface area contributed by atoms with E-state index in [1.807, 2.05) is 35.0 Å². The molecule has 1 aromatic heterocycles. The molecule has 2 aromatic rings. The molecule has 0 atom stereocenters. The number of carbonyl (C=O) groups excluding carboxylic acids is 1. The SMILES string of the molecule is CCCn1ncc(Br)c1CCC(=O)c1ccccc1. The van der Waals surface area contributed by atoms with E-state index >= 15 is 0 Å². The lowest BCUT2D eigenvalue weighted by molar-refractivity contribution is 0.0982. The Hall–Kier alpha value is -1.42. The molecule has 0 aliphatic carbocycles. The molecule has 0 radical (unpaired) electrons. The van der Waals surface area contributed by atoms with Gasteiger partial charge in [0.1, 0.15) is 0 Å². The first-order chi connectivity index (χ1) is 9.22. The summed E-state index contributed by atoms with van der Waals surface area (Å²) in [6.07, 6.45) is 4.07. The van der Waals surface area contributed by atoms with E-state index in [0.29, 0.717) is 12.8 Å². The number of ketones is 1. The molecule has 0 unspecified atom stereocenters. The van der Waals surface area contributed by atoms with Crippen molar-refractivity contribution in [1.82, 2.24) is 9.78 Å². The zero-order valence-corrected chi connectivity index (χ0v) is 12.6. The minimum absolute atomic E-state index is 0.178. The molecule has 0 amide bonds. The first kappa shape index (κ1) is 14.0. The van der Waals surface area contributed by atoms with Crippen molar-refractivity contribution in [2.75, 3.05) is 0 Å². The van der Waals surface area contributed by atoms with Crippen molar-refractivity contribution in [3.05, 3.63) is 52.3 Å². The topological polar surface area (TPSA) is 34.9 Å². The molecule has 100 valence electrons. The minimum atomic E-state index is 0.178. The fourth-order valence-electron chi connectivity index (χ4n) is 2.04. The number of hydrogen-bond acceptors (Lipinski definition) is 2. The third kappa shape index (κ3) is 3.53. The van der Waals surface area contributed by atoms with Crippen LogP contribution in [-0.2, 0) is 13.0 Å². The van der Waals surface area contributed by atoms with Crippen LogP contribution in [0.25, 0.3) is 0 Å². The second kappa shape index (κ2) is 6.66. The number of aryl methyl sites for hydroxylation is 1. The molecule has 0 aliphatic rings. The van der Waals surface area contributed by atoms with E-state index in [-0.39, 0.29) is 5.78 Å². The highest BCUT2D eigenvalue weighted by atomic mass is 79.9. The minimum Gasteiger partial charge on any atom is -0.294 e. The molecule has 3 nitrogen and oxygen atoms in total. The van der Waals surface area contributed by atoms with Crippen molar-refractivity contribution in [2.24, 2.45) is 0 Å². The first-order valence-electron chi connectivity index (χ1n) is 6.50. The molecule has 0 bridgehead atoms. The molecule has 0 aliphatic heterocycles. The van der Waals surface area contributed by atoms with Crippen molar-refractivity contribution in [2.45, 2.75) is 32.7 Å². The normalized spacial score (nSPS) is 10.6. The van der Waals surface area contributed by atoms with Crippen LogP contribution in [0.15, 0.2) is 41.0 Å². The Balaban J connectivity index is 2.03. The molecule has 0 N–H and O–H groups in total. The Morgan fingerprint density at radius 1 is 1.32 bits per heavy atom. The summed E-state index contributed by atoms with van der Waals surface area (Å²) in [4.78, 5) is 12.1. The lowest BCUT2D eigenvalue weighted by Crippen LogP contribution is -2.08. The van der Waals surface area contributed by atoms with E-state index in [0.717, 1.165) is 28.7 Å². The second-order valence-electron chi connectivity index (χ2n) is 4.45. The first-order valence-corrected chi connectivity index (χ1v) is 7.30. The van der Waals surface area contributed by atoms with Crippen molar-refractivity contribution in [3.8, 4) is 0 Å². The molecule has 2 rings (SSSR count). The number of aromatic nitrogens is 2. The number of Topliss-reactive ketones (excluding diaryl/α,β-unsaturated/α-hetero) is 1. The highest BCUT2D eigenvalue weighted by molar-refractivity contribution is 9.10. The third-order valence-corrected chi connectivity index (χ3v) is 3.68. The lowest BCUT2D eigenvalue weighted by atomic mass is 10.1. The standard InChI is InChI=1S/C15H17BrN2O/c1-2-10-18-14(13(16)11-17-18)8-9-15(19)12-6-4-3-5-7-12/h3-7,11H,2,8-10H2,1H3. The molecular weight excluding hydrogens is 304 g/mol. The van der Waals surface area contributed by atoms with Crippen LogP contribution in [0.3, 0.4) is 0 Å². The molecule has 0 fully saturated rings. The van der Waals surface area contributed by atoms with Crippen molar-refractivity contribution in [1.29, 1.82) is 0 Å². The number of carbonyl (C=O) groups is 1. The van der Waals surface area contributed by atoms with Gasteiger partial charge in [-0.2, -0.15) is 5.10 Å². The molecule has 1 heterocycles. The number of benzene rings is 1. The van der Waals surface area contributed by atoms with Crippen LogP contribution in [0.2, 0.25) is 0 Å². The average molecular weight is 321 g/mol. The lowest BCUT2D eigenvalue weighted by Gasteiger charge is -2.06. The summed E-state index contributed by atoms with van der Waals surface area (Å²) in [5, 5.41) is 4.31. The van der Waals surface area contributed by atoms with E-state index in [1.54, 1.807) is 6.20 Å². The van der Waals surface area contributed by atoms with Gasteiger partial charge in [-0.25, -0.2) is 0 Å². The van der Waals surface area contributed by atoms with Crippen molar-refractivity contribution < 1.29 is 4.79 Å². The summed E-state index contributed by atoms with van der Waals surface area (Å²) in [6, 6.07) is 9.43. The molecule has 19 heavy (non-hydrogen) atoms. The predicted octanol–water partition coefficient (Wildman–Crippen LogP) is 3.87. The zero-order valence-electron chi connectivity index (χ0n) is 11.0. The van der Waals surface area contributed by atoms with Gasteiger partial charge in [-0.15, -0.1) is 0 Å². The van der Waals surface area contributed by atoms with Crippen molar-refractivity contribution in [3.63, 3.8) is 0 Å². The van der Waals surface area contributed by atoms with Crippen LogP contribution in [0.1, 0.15) is 35.8 Å². The average Bonchev–Trinajstić information content (AvgIpc) is 2.78. The van der Waals surface area contributed by atoms with Crippen LogP contribution in [0, 0.1) is 0 Å². The molecule has 0 saturated carbocycles. The fourth-order valence-corrected chi connectivity index (χ4v) is 2.54. The van der Waals surface area contributed by atoms with Gasteiger partial charge < -0.3 is 0 Å². The molecule has 0 spiro atoms. The van der Waals surface area contributed by atoms with Gasteiger partial charge in [-0.1, -0.05) is 37.3 Å². The Bertz CT molecular complexity index is 549. The van der Waals surface area contributed by atoms with E-state index in [2.05, 4.69) is 28.0 Å². The highest BCUT2D eigenvalue weighted by Crippen LogP contribution is 2.19. The van der Waals surface area contributed by atoms with Gasteiger partial charge in [-0.05, 0) is 28.8 Å². The van der Waals surface area contributed by atoms with Crippen LogP contribution in [0.4, 0.5) is 0 Å². The summed E-state index contributed by atoms with van der Waals surface area (Å²) >= 11 is 3.50. The van der Waals surface area contributed by atoms with Gasteiger partial charge in [0, 0.05) is 18.5 Å². The summed E-state index contributed by atoms with van der Waals surface area (Å²) in [6.45, 7) is 3.01. The summed E-state index contributed by atoms with van der Waals surface area (Å²) < 4.78 is 2.96. The number of rotatable bonds is 6.